The highest BCUT2D eigenvalue weighted by atomic mass is 14.3. The molecule has 0 N–H and O–H groups in total. The summed E-state index contributed by atoms with van der Waals surface area (Å²) in [4.78, 5) is 0. The predicted molar refractivity (Wildman–Crippen MR) is 41.1 cm³/mol. The number of hydrogen-bond acceptors (Lipinski definition) is 0. The Bertz CT molecular complexity index is 82.2. The van der Waals surface area contributed by atoms with Gasteiger partial charge in [0.05, 0.1) is 0 Å². The number of hydrogen-bond donors (Lipinski definition) is 0. The topological polar surface area (TPSA) is 0 Å². The minimum atomic E-state index is 0.534. The zero-order valence-electron chi connectivity index (χ0n) is 6.78. The van der Waals surface area contributed by atoms with Gasteiger partial charge in [-0.15, -0.1) is 0 Å². The summed E-state index contributed by atoms with van der Waals surface area (Å²) < 4.78 is 0. The highest BCUT2D eigenvalue weighted by Crippen LogP contribution is 2.36. The Balaban J connectivity index is 2.35. The van der Waals surface area contributed by atoms with Crippen LogP contribution in [-0.4, -0.2) is 0 Å². The van der Waals surface area contributed by atoms with Gasteiger partial charge in [-0.2, -0.15) is 0 Å². The molecule has 53 valence electrons. The first-order valence-corrected chi connectivity index (χ1v) is 3.94. The maximum absolute atomic E-state index is 2.47. The van der Waals surface area contributed by atoms with Crippen LogP contribution in [0.5, 0.6) is 0 Å². The van der Waals surface area contributed by atoms with Gasteiger partial charge in [0.15, 0.2) is 0 Å². The molecular weight excluding hydrogens is 108 g/mol. The molecule has 0 bridgehead atoms. The van der Waals surface area contributed by atoms with E-state index in [2.05, 4.69) is 27.2 Å². The van der Waals surface area contributed by atoms with Crippen molar-refractivity contribution in [3.8, 4) is 0 Å². The lowest BCUT2D eigenvalue weighted by atomic mass is 9.74. The monoisotopic (exact) mass is 125 g/mol. The van der Waals surface area contributed by atoms with Crippen molar-refractivity contribution in [3.05, 3.63) is 6.42 Å². The fraction of sp³-hybridized carbons (Fsp3) is 0.889. The molecule has 1 fully saturated rings. The van der Waals surface area contributed by atoms with E-state index in [1.165, 1.54) is 19.3 Å². The molecule has 0 aliphatic heterocycles. The van der Waals surface area contributed by atoms with Crippen LogP contribution < -0.4 is 0 Å². The summed E-state index contributed by atoms with van der Waals surface area (Å²) in [5.41, 5.74) is 0.534. The molecule has 0 aromatic carbocycles. The first-order valence-electron chi connectivity index (χ1n) is 3.94. The van der Waals surface area contributed by atoms with Crippen LogP contribution in [-0.2, 0) is 0 Å². The average molecular weight is 125 g/mol. The summed E-state index contributed by atoms with van der Waals surface area (Å²) in [6, 6.07) is 0. The minimum absolute atomic E-state index is 0.534. The second-order valence-electron chi connectivity index (χ2n) is 4.07. The highest BCUT2D eigenvalue weighted by molar-refractivity contribution is 4.90. The maximum Gasteiger partial charge on any atom is -0.0323 e. The zero-order valence-corrected chi connectivity index (χ0v) is 6.78. The molecular formula is C9H17. The second kappa shape index (κ2) is 2.32. The SMILES string of the molecule is CC1C[CH]C(C)(C)CC1. The van der Waals surface area contributed by atoms with Crippen molar-refractivity contribution in [2.75, 3.05) is 0 Å². The van der Waals surface area contributed by atoms with Crippen LogP contribution >= 0.6 is 0 Å². The molecule has 0 spiro atoms. The third kappa shape index (κ3) is 2.00. The molecule has 0 heterocycles. The molecule has 1 atom stereocenters. The smallest absolute Gasteiger partial charge is 0.0323 e. The van der Waals surface area contributed by atoms with Gasteiger partial charge in [0.25, 0.3) is 0 Å². The Hall–Kier alpha value is 0. The molecule has 1 aliphatic rings. The van der Waals surface area contributed by atoms with Crippen molar-refractivity contribution in [2.24, 2.45) is 11.3 Å². The van der Waals surface area contributed by atoms with Gasteiger partial charge in [0, 0.05) is 0 Å². The van der Waals surface area contributed by atoms with E-state index >= 15 is 0 Å². The standard InChI is InChI=1S/C9H17/c1-8-4-6-9(2,3)7-5-8/h6,8H,4-5,7H2,1-3H3. The van der Waals surface area contributed by atoms with Gasteiger partial charge in [0.2, 0.25) is 0 Å². The van der Waals surface area contributed by atoms with Crippen molar-refractivity contribution < 1.29 is 0 Å². The van der Waals surface area contributed by atoms with E-state index in [0.717, 1.165) is 5.92 Å². The summed E-state index contributed by atoms with van der Waals surface area (Å²) in [6.45, 7) is 7.00. The Morgan fingerprint density at radius 2 is 2.11 bits per heavy atom. The molecule has 0 amide bonds. The first-order chi connectivity index (χ1) is 4.10. The minimum Gasteiger partial charge on any atom is -0.0625 e. The van der Waals surface area contributed by atoms with Crippen molar-refractivity contribution in [3.63, 3.8) is 0 Å². The Morgan fingerprint density at radius 3 is 2.44 bits per heavy atom. The van der Waals surface area contributed by atoms with E-state index in [1.807, 2.05) is 0 Å². The Labute approximate surface area is 58.7 Å². The van der Waals surface area contributed by atoms with Crippen molar-refractivity contribution in [1.82, 2.24) is 0 Å². The molecule has 0 nitrogen and oxygen atoms in total. The average Bonchev–Trinajstić information content (AvgIpc) is 1.78. The maximum atomic E-state index is 2.47. The number of rotatable bonds is 0. The highest BCUT2D eigenvalue weighted by Gasteiger charge is 2.24. The largest absolute Gasteiger partial charge is 0.0625 e. The second-order valence-corrected chi connectivity index (χ2v) is 4.07. The van der Waals surface area contributed by atoms with E-state index in [1.54, 1.807) is 0 Å². The fourth-order valence-corrected chi connectivity index (χ4v) is 1.36. The van der Waals surface area contributed by atoms with Crippen LogP contribution in [0.25, 0.3) is 0 Å². The molecule has 0 heteroatoms. The molecule has 1 saturated carbocycles. The van der Waals surface area contributed by atoms with Crippen molar-refractivity contribution in [2.45, 2.75) is 40.0 Å². The molecule has 0 saturated heterocycles. The quantitative estimate of drug-likeness (QED) is 0.467. The molecule has 1 radical (unpaired) electrons. The van der Waals surface area contributed by atoms with Crippen LogP contribution in [0.1, 0.15) is 40.0 Å². The first kappa shape index (κ1) is 7.11. The summed E-state index contributed by atoms with van der Waals surface area (Å²) in [5, 5.41) is 0. The normalized spacial score (nSPS) is 28.3. The van der Waals surface area contributed by atoms with E-state index in [-0.39, 0.29) is 0 Å². The van der Waals surface area contributed by atoms with E-state index in [9.17, 15) is 0 Å². The van der Waals surface area contributed by atoms with Gasteiger partial charge >= 0.3 is 0 Å². The van der Waals surface area contributed by atoms with Crippen LogP contribution in [0.3, 0.4) is 0 Å². The third-order valence-corrected chi connectivity index (χ3v) is 2.35. The van der Waals surface area contributed by atoms with Gasteiger partial charge in [-0.3, -0.25) is 0 Å². The molecule has 1 rings (SSSR count). The summed E-state index contributed by atoms with van der Waals surface area (Å²) in [7, 11) is 0. The fourth-order valence-electron chi connectivity index (χ4n) is 1.36. The van der Waals surface area contributed by atoms with Gasteiger partial charge in [-0.1, -0.05) is 27.2 Å². The van der Waals surface area contributed by atoms with Gasteiger partial charge in [0.1, 0.15) is 0 Å². The van der Waals surface area contributed by atoms with Crippen molar-refractivity contribution in [1.29, 1.82) is 0 Å². The van der Waals surface area contributed by atoms with Crippen LogP contribution in [0.15, 0.2) is 0 Å². The molecule has 0 aromatic rings. The van der Waals surface area contributed by atoms with Gasteiger partial charge in [-0.25, -0.2) is 0 Å². The summed E-state index contributed by atoms with van der Waals surface area (Å²) in [5.74, 6) is 0.943. The predicted octanol–water partition coefficient (Wildman–Crippen LogP) is 3.04. The van der Waals surface area contributed by atoms with Crippen LogP contribution in [0.2, 0.25) is 0 Å². The van der Waals surface area contributed by atoms with Crippen LogP contribution in [0, 0.1) is 17.8 Å². The van der Waals surface area contributed by atoms with E-state index < -0.39 is 0 Å². The van der Waals surface area contributed by atoms with Gasteiger partial charge < -0.3 is 0 Å². The zero-order chi connectivity index (χ0) is 6.91. The van der Waals surface area contributed by atoms with Crippen molar-refractivity contribution >= 4 is 0 Å². The lowest BCUT2D eigenvalue weighted by molar-refractivity contribution is 0.277. The van der Waals surface area contributed by atoms with Crippen LogP contribution in [0.4, 0.5) is 0 Å². The third-order valence-electron chi connectivity index (χ3n) is 2.35. The molecule has 1 aliphatic carbocycles. The molecule has 9 heavy (non-hydrogen) atoms. The Kier molecular flexibility index (Phi) is 1.83. The van der Waals surface area contributed by atoms with E-state index in [4.69, 9.17) is 0 Å². The Morgan fingerprint density at radius 1 is 1.44 bits per heavy atom. The lowest BCUT2D eigenvalue weighted by Crippen LogP contribution is -2.20. The molecule has 1 unspecified atom stereocenters. The summed E-state index contributed by atoms with van der Waals surface area (Å²) in [6.07, 6.45) is 6.60. The lowest BCUT2D eigenvalue weighted by Gasteiger charge is -2.32. The van der Waals surface area contributed by atoms with E-state index in [0.29, 0.717) is 5.41 Å². The molecule has 0 aromatic heterocycles. The van der Waals surface area contributed by atoms with Gasteiger partial charge in [-0.05, 0) is 30.6 Å². The summed E-state index contributed by atoms with van der Waals surface area (Å²) >= 11 is 0.